The number of amides is 1. The zero-order valence-corrected chi connectivity index (χ0v) is 12.3. The maximum absolute atomic E-state index is 12.6. The van der Waals surface area contributed by atoms with Crippen molar-refractivity contribution in [2.75, 3.05) is 26.8 Å². The summed E-state index contributed by atoms with van der Waals surface area (Å²) in [6, 6.07) is 9.43. The summed E-state index contributed by atoms with van der Waals surface area (Å²) < 4.78 is 0. The predicted molar refractivity (Wildman–Crippen MR) is 81.0 cm³/mol. The maximum Gasteiger partial charge on any atom is 0.272 e. The van der Waals surface area contributed by atoms with Gasteiger partial charge >= 0.3 is 0 Å². The van der Waals surface area contributed by atoms with Crippen LogP contribution in [0.4, 0.5) is 0 Å². The molecule has 1 aromatic carbocycles. The average Bonchev–Trinajstić information content (AvgIpc) is 2.53. The number of carbonyl (C=O) groups excluding carboxylic acids is 1. The van der Waals surface area contributed by atoms with Crippen molar-refractivity contribution in [3.8, 4) is 0 Å². The van der Waals surface area contributed by atoms with E-state index in [1.165, 1.54) is 4.90 Å². The highest BCUT2D eigenvalue weighted by molar-refractivity contribution is 6.05. The van der Waals surface area contributed by atoms with Gasteiger partial charge in [-0.25, -0.2) is 0 Å². The first-order chi connectivity index (χ1) is 10.0. The van der Waals surface area contributed by atoms with E-state index < -0.39 is 5.41 Å². The van der Waals surface area contributed by atoms with Crippen LogP contribution in [0.1, 0.15) is 17.4 Å². The summed E-state index contributed by atoms with van der Waals surface area (Å²) in [5, 5.41) is 20.4. The largest absolute Gasteiger partial charge is 0.396 e. The molecule has 0 saturated carbocycles. The fourth-order valence-electron chi connectivity index (χ4n) is 2.27. The molecule has 5 heteroatoms. The summed E-state index contributed by atoms with van der Waals surface area (Å²) >= 11 is 0. The third-order valence-electron chi connectivity index (χ3n) is 3.61. The molecule has 0 aliphatic heterocycles. The number of fused-ring (bicyclic) bond motifs is 1. The van der Waals surface area contributed by atoms with Crippen LogP contribution in [0.25, 0.3) is 10.8 Å². The molecule has 0 unspecified atom stereocenters. The normalized spacial score (nSPS) is 11.6. The second kappa shape index (κ2) is 6.20. The van der Waals surface area contributed by atoms with Crippen LogP contribution < -0.4 is 0 Å². The minimum atomic E-state index is -0.727. The Morgan fingerprint density at radius 1 is 1.24 bits per heavy atom. The van der Waals surface area contributed by atoms with Crippen molar-refractivity contribution < 1.29 is 15.0 Å². The first-order valence-electron chi connectivity index (χ1n) is 6.82. The molecule has 2 aromatic rings. The predicted octanol–water partition coefficient (Wildman–Crippen LogP) is 1.30. The van der Waals surface area contributed by atoms with E-state index in [4.69, 9.17) is 0 Å². The smallest absolute Gasteiger partial charge is 0.272 e. The van der Waals surface area contributed by atoms with Crippen LogP contribution in [0.3, 0.4) is 0 Å². The average molecular weight is 288 g/mol. The van der Waals surface area contributed by atoms with Crippen LogP contribution in [-0.2, 0) is 0 Å². The number of nitrogens with zero attached hydrogens (tertiary/aromatic N) is 2. The van der Waals surface area contributed by atoms with Crippen molar-refractivity contribution in [3.63, 3.8) is 0 Å². The third kappa shape index (κ3) is 3.20. The Morgan fingerprint density at radius 3 is 2.57 bits per heavy atom. The van der Waals surface area contributed by atoms with Crippen molar-refractivity contribution in [2.45, 2.75) is 6.92 Å². The molecule has 1 amide bonds. The van der Waals surface area contributed by atoms with Crippen LogP contribution in [0, 0.1) is 5.41 Å². The van der Waals surface area contributed by atoms with Gasteiger partial charge < -0.3 is 15.1 Å². The van der Waals surface area contributed by atoms with E-state index in [2.05, 4.69) is 4.98 Å². The molecule has 0 bridgehead atoms. The van der Waals surface area contributed by atoms with Crippen molar-refractivity contribution in [1.82, 2.24) is 9.88 Å². The first-order valence-corrected chi connectivity index (χ1v) is 6.82. The van der Waals surface area contributed by atoms with Crippen LogP contribution in [0.2, 0.25) is 0 Å². The quantitative estimate of drug-likeness (QED) is 0.869. The highest BCUT2D eigenvalue weighted by atomic mass is 16.3. The number of hydrogen-bond donors (Lipinski definition) is 2. The number of aliphatic hydroxyl groups excluding tert-OH is 2. The lowest BCUT2D eigenvalue weighted by molar-refractivity contribution is 0.0364. The van der Waals surface area contributed by atoms with Gasteiger partial charge in [-0.1, -0.05) is 31.2 Å². The molecule has 0 saturated heterocycles. The van der Waals surface area contributed by atoms with Crippen molar-refractivity contribution >= 4 is 16.7 Å². The number of hydrogen-bond acceptors (Lipinski definition) is 4. The van der Waals surface area contributed by atoms with Gasteiger partial charge in [0.2, 0.25) is 0 Å². The van der Waals surface area contributed by atoms with Crippen molar-refractivity contribution in [3.05, 3.63) is 42.2 Å². The highest BCUT2D eigenvalue weighted by Gasteiger charge is 2.27. The summed E-state index contributed by atoms with van der Waals surface area (Å²) in [7, 11) is 1.65. The molecular formula is C16H20N2O3. The first kappa shape index (κ1) is 15.4. The van der Waals surface area contributed by atoms with E-state index in [0.29, 0.717) is 5.69 Å². The van der Waals surface area contributed by atoms with Crippen LogP contribution in [0.5, 0.6) is 0 Å². The molecule has 0 aliphatic carbocycles. The molecule has 0 fully saturated rings. The second-order valence-corrected chi connectivity index (χ2v) is 5.67. The van der Waals surface area contributed by atoms with E-state index >= 15 is 0 Å². The van der Waals surface area contributed by atoms with E-state index in [9.17, 15) is 15.0 Å². The summed E-state index contributed by atoms with van der Waals surface area (Å²) in [5.41, 5.74) is -0.344. The van der Waals surface area contributed by atoms with Crippen LogP contribution in [0.15, 0.2) is 36.5 Å². The topological polar surface area (TPSA) is 73.7 Å². The summed E-state index contributed by atoms with van der Waals surface area (Å²) in [6.07, 6.45) is 1.61. The zero-order valence-electron chi connectivity index (χ0n) is 12.3. The molecule has 2 rings (SSSR count). The van der Waals surface area contributed by atoms with E-state index in [1.54, 1.807) is 20.2 Å². The molecule has 0 atom stereocenters. The van der Waals surface area contributed by atoms with Gasteiger partial charge in [0.05, 0.1) is 13.2 Å². The number of carbonyl (C=O) groups is 1. The minimum Gasteiger partial charge on any atom is -0.396 e. The van der Waals surface area contributed by atoms with Gasteiger partial charge in [0.1, 0.15) is 5.69 Å². The van der Waals surface area contributed by atoms with Crippen LogP contribution >= 0.6 is 0 Å². The lowest BCUT2D eigenvalue weighted by Gasteiger charge is -2.30. The Labute approximate surface area is 123 Å². The Bertz CT molecular complexity index is 633. The highest BCUT2D eigenvalue weighted by Crippen LogP contribution is 2.20. The van der Waals surface area contributed by atoms with Gasteiger partial charge in [-0.2, -0.15) is 0 Å². The van der Waals surface area contributed by atoms with E-state index in [1.807, 2.05) is 30.3 Å². The number of rotatable bonds is 5. The number of aliphatic hydroxyl groups is 2. The Kier molecular flexibility index (Phi) is 4.55. The van der Waals surface area contributed by atoms with Gasteiger partial charge in [0.15, 0.2) is 0 Å². The number of aromatic nitrogens is 1. The molecule has 5 nitrogen and oxygen atoms in total. The van der Waals surface area contributed by atoms with Gasteiger partial charge in [-0.05, 0) is 11.5 Å². The van der Waals surface area contributed by atoms with Gasteiger partial charge in [-0.15, -0.1) is 0 Å². The van der Waals surface area contributed by atoms with Gasteiger partial charge in [0.25, 0.3) is 5.91 Å². The standard InChI is InChI=1S/C16H20N2O3/c1-16(10-19,11-20)9-18(2)15(21)14-13-6-4-3-5-12(13)7-8-17-14/h3-8,19-20H,9-11H2,1-2H3. The zero-order chi connectivity index (χ0) is 15.5. The fourth-order valence-corrected chi connectivity index (χ4v) is 2.27. The third-order valence-corrected chi connectivity index (χ3v) is 3.61. The number of benzene rings is 1. The van der Waals surface area contributed by atoms with E-state index in [-0.39, 0.29) is 25.7 Å². The number of pyridine rings is 1. The lowest BCUT2D eigenvalue weighted by Crippen LogP contribution is -2.41. The molecule has 0 spiro atoms. The summed E-state index contributed by atoms with van der Waals surface area (Å²) in [4.78, 5) is 18.2. The van der Waals surface area contributed by atoms with Crippen molar-refractivity contribution in [2.24, 2.45) is 5.41 Å². The monoisotopic (exact) mass is 288 g/mol. The Morgan fingerprint density at radius 2 is 1.90 bits per heavy atom. The van der Waals surface area contributed by atoms with Gasteiger partial charge in [-0.3, -0.25) is 9.78 Å². The maximum atomic E-state index is 12.6. The van der Waals surface area contributed by atoms with Crippen molar-refractivity contribution in [1.29, 1.82) is 0 Å². The second-order valence-electron chi connectivity index (χ2n) is 5.67. The molecular weight excluding hydrogens is 268 g/mol. The minimum absolute atomic E-state index is 0.190. The van der Waals surface area contributed by atoms with Gasteiger partial charge in [0, 0.05) is 30.6 Å². The Balaban J connectivity index is 2.30. The molecule has 1 heterocycles. The summed E-state index contributed by atoms with van der Waals surface area (Å²) in [6.45, 7) is 1.60. The summed E-state index contributed by atoms with van der Waals surface area (Å²) in [5.74, 6) is -0.222. The molecule has 112 valence electrons. The molecule has 1 aromatic heterocycles. The molecule has 2 N–H and O–H groups in total. The Hall–Kier alpha value is -1.98. The lowest BCUT2D eigenvalue weighted by atomic mass is 9.92. The van der Waals surface area contributed by atoms with E-state index in [0.717, 1.165) is 10.8 Å². The fraction of sp³-hybridized carbons (Fsp3) is 0.375. The molecule has 0 radical (unpaired) electrons. The van der Waals surface area contributed by atoms with Crippen LogP contribution in [-0.4, -0.2) is 52.8 Å². The molecule has 0 aliphatic rings. The SMILES string of the molecule is CN(CC(C)(CO)CO)C(=O)c1nccc2ccccc12. The molecule has 21 heavy (non-hydrogen) atoms.